The van der Waals surface area contributed by atoms with Gasteiger partial charge in [0.2, 0.25) is 0 Å². The second-order valence-corrected chi connectivity index (χ2v) is 8.21. The highest BCUT2D eigenvalue weighted by Gasteiger charge is 2.52. The van der Waals surface area contributed by atoms with Gasteiger partial charge in [-0.15, -0.1) is 0 Å². The molecule has 1 atom stereocenters. The lowest BCUT2D eigenvalue weighted by Gasteiger charge is -2.56. The maximum atomic E-state index is 2.41. The highest BCUT2D eigenvalue weighted by atomic mass is 15.1. The van der Waals surface area contributed by atoms with E-state index in [-0.39, 0.29) is 0 Å². The third kappa shape index (κ3) is 2.41. The smallest absolute Gasteiger partial charge is 0.103 e. The van der Waals surface area contributed by atoms with Crippen molar-refractivity contribution < 1.29 is 4.90 Å². The first-order chi connectivity index (χ1) is 9.71. The maximum Gasteiger partial charge on any atom is 0.103 e. The molecular weight excluding hydrogens is 242 g/mol. The number of hydrogen-bond acceptors (Lipinski definition) is 0. The predicted octanol–water partition coefficient (Wildman–Crippen LogP) is 2.92. The van der Waals surface area contributed by atoms with Crippen LogP contribution in [0.3, 0.4) is 0 Å². The maximum absolute atomic E-state index is 2.41. The monoisotopic (exact) mass is 270 g/mol. The lowest BCUT2D eigenvalue weighted by molar-refractivity contribution is -0.901. The van der Waals surface area contributed by atoms with Gasteiger partial charge in [-0.25, -0.2) is 0 Å². The summed E-state index contributed by atoms with van der Waals surface area (Å²) in [6, 6.07) is 11.0. The number of hydrogen-bond donors (Lipinski definition) is 1. The SMILES string of the molecule is C[NH+](Cc1ccccc1)CC12CC3CC(CC(C3)C1)C2. The highest BCUT2D eigenvalue weighted by molar-refractivity contribution is 5.13. The number of quaternary nitrogens is 1. The fraction of sp³-hybridized carbons (Fsp3) is 0.684. The van der Waals surface area contributed by atoms with Crippen LogP contribution in [0.2, 0.25) is 0 Å². The lowest BCUT2D eigenvalue weighted by Crippen LogP contribution is -3.09. The van der Waals surface area contributed by atoms with Crippen molar-refractivity contribution in [3.63, 3.8) is 0 Å². The summed E-state index contributed by atoms with van der Waals surface area (Å²) in [5, 5.41) is 0. The average molecular weight is 270 g/mol. The van der Waals surface area contributed by atoms with Crippen LogP contribution in [0.1, 0.15) is 44.1 Å². The van der Waals surface area contributed by atoms with Crippen LogP contribution in [0, 0.1) is 23.2 Å². The van der Waals surface area contributed by atoms with E-state index in [1.807, 2.05) is 0 Å². The molecule has 0 spiro atoms. The Morgan fingerprint density at radius 3 is 2.05 bits per heavy atom. The Morgan fingerprint density at radius 2 is 1.50 bits per heavy atom. The summed E-state index contributed by atoms with van der Waals surface area (Å²) in [6.07, 6.45) is 9.34. The zero-order chi connectivity index (χ0) is 13.6. The fourth-order valence-electron chi connectivity index (χ4n) is 6.15. The minimum Gasteiger partial charge on any atom is -0.333 e. The first kappa shape index (κ1) is 12.9. The van der Waals surface area contributed by atoms with Crippen LogP contribution >= 0.6 is 0 Å². The molecular formula is C19H28N+. The summed E-state index contributed by atoms with van der Waals surface area (Å²) in [6.45, 7) is 2.61. The van der Waals surface area contributed by atoms with E-state index in [1.54, 1.807) is 43.4 Å². The van der Waals surface area contributed by atoms with Gasteiger partial charge in [0.1, 0.15) is 6.54 Å². The van der Waals surface area contributed by atoms with E-state index in [9.17, 15) is 0 Å². The molecule has 0 heterocycles. The van der Waals surface area contributed by atoms with Crippen LogP contribution in [0.15, 0.2) is 30.3 Å². The van der Waals surface area contributed by atoms with Crippen LogP contribution in [-0.4, -0.2) is 13.6 Å². The van der Waals surface area contributed by atoms with Crippen LogP contribution in [0.5, 0.6) is 0 Å². The van der Waals surface area contributed by atoms with Gasteiger partial charge >= 0.3 is 0 Å². The molecule has 4 aliphatic rings. The quantitative estimate of drug-likeness (QED) is 0.858. The van der Waals surface area contributed by atoms with E-state index in [0.717, 1.165) is 17.8 Å². The van der Waals surface area contributed by atoms with E-state index in [4.69, 9.17) is 0 Å². The molecule has 4 bridgehead atoms. The fourth-order valence-corrected chi connectivity index (χ4v) is 6.15. The zero-order valence-electron chi connectivity index (χ0n) is 12.8. The van der Waals surface area contributed by atoms with Gasteiger partial charge in [-0.05, 0) is 56.3 Å². The molecule has 1 aromatic rings. The van der Waals surface area contributed by atoms with Crippen molar-refractivity contribution in [1.82, 2.24) is 0 Å². The van der Waals surface area contributed by atoms with Crippen molar-refractivity contribution in [3.8, 4) is 0 Å². The molecule has 4 aliphatic carbocycles. The molecule has 1 N–H and O–H groups in total. The second kappa shape index (κ2) is 4.87. The molecule has 0 aliphatic heterocycles. The van der Waals surface area contributed by atoms with Gasteiger partial charge in [0.15, 0.2) is 0 Å². The Morgan fingerprint density at radius 1 is 0.950 bits per heavy atom. The van der Waals surface area contributed by atoms with Gasteiger partial charge in [-0.1, -0.05) is 30.3 Å². The summed E-state index contributed by atoms with van der Waals surface area (Å²) in [5.74, 6) is 3.27. The van der Waals surface area contributed by atoms with Crippen molar-refractivity contribution in [2.75, 3.05) is 13.6 Å². The Labute approximate surface area is 123 Å². The molecule has 1 unspecified atom stereocenters. The second-order valence-electron chi connectivity index (χ2n) is 8.21. The minimum atomic E-state index is 0.716. The van der Waals surface area contributed by atoms with Crippen LogP contribution < -0.4 is 4.90 Å². The molecule has 1 nitrogen and oxygen atoms in total. The minimum absolute atomic E-state index is 0.716. The van der Waals surface area contributed by atoms with Gasteiger partial charge in [0.05, 0.1) is 13.6 Å². The topological polar surface area (TPSA) is 4.44 Å². The standard InChI is InChI=1S/C19H27N/c1-20(13-15-5-3-2-4-6-15)14-19-10-16-7-17(11-19)9-18(8-16)12-19/h2-6,16-18H,7-14H2,1H3/p+1. The van der Waals surface area contributed by atoms with Crippen molar-refractivity contribution in [2.45, 2.75) is 45.1 Å². The molecule has 5 rings (SSSR count). The summed E-state index contributed by atoms with van der Waals surface area (Å²) in [5.41, 5.74) is 2.21. The molecule has 4 fully saturated rings. The van der Waals surface area contributed by atoms with Crippen molar-refractivity contribution in [3.05, 3.63) is 35.9 Å². The Bertz CT molecular complexity index is 429. The van der Waals surface area contributed by atoms with Gasteiger partial charge < -0.3 is 4.90 Å². The average Bonchev–Trinajstić information content (AvgIpc) is 2.37. The van der Waals surface area contributed by atoms with E-state index in [2.05, 4.69) is 37.4 Å². The van der Waals surface area contributed by atoms with Crippen LogP contribution in [-0.2, 0) is 6.54 Å². The van der Waals surface area contributed by atoms with Gasteiger partial charge in [0, 0.05) is 11.0 Å². The third-order valence-electron chi connectivity index (χ3n) is 6.19. The Hall–Kier alpha value is -0.820. The first-order valence-electron chi connectivity index (χ1n) is 8.56. The molecule has 108 valence electrons. The van der Waals surface area contributed by atoms with Crippen molar-refractivity contribution in [2.24, 2.45) is 23.2 Å². The number of rotatable bonds is 4. The normalized spacial score (nSPS) is 40.0. The van der Waals surface area contributed by atoms with E-state index in [1.165, 1.54) is 18.7 Å². The first-order valence-corrected chi connectivity index (χ1v) is 8.56. The molecule has 1 heteroatoms. The van der Waals surface area contributed by atoms with E-state index in [0.29, 0.717) is 5.41 Å². The zero-order valence-corrected chi connectivity index (χ0v) is 12.8. The molecule has 4 saturated carbocycles. The molecule has 0 radical (unpaired) electrons. The van der Waals surface area contributed by atoms with Crippen molar-refractivity contribution in [1.29, 1.82) is 0 Å². The lowest BCUT2D eigenvalue weighted by atomic mass is 9.49. The van der Waals surface area contributed by atoms with Crippen LogP contribution in [0.25, 0.3) is 0 Å². The third-order valence-corrected chi connectivity index (χ3v) is 6.19. The predicted molar refractivity (Wildman–Crippen MR) is 82.5 cm³/mol. The van der Waals surface area contributed by atoms with E-state index < -0.39 is 0 Å². The number of nitrogens with one attached hydrogen (secondary N) is 1. The summed E-state index contributed by atoms with van der Waals surface area (Å²) in [4.78, 5) is 1.72. The van der Waals surface area contributed by atoms with Crippen molar-refractivity contribution >= 4 is 0 Å². The molecule has 0 saturated heterocycles. The largest absolute Gasteiger partial charge is 0.333 e. The number of benzene rings is 1. The van der Waals surface area contributed by atoms with Gasteiger partial charge in [-0.3, -0.25) is 0 Å². The van der Waals surface area contributed by atoms with Gasteiger partial charge in [-0.2, -0.15) is 0 Å². The van der Waals surface area contributed by atoms with E-state index >= 15 is 0 Å². The van der Waals surface area contributed by atoms with Crippen LogP contribution in [0.4, 0.5) is 0 Å². The molecule has 0 aromatic heterocycles. The summed E-state index contributed by atoms with van der Waals surface area (Å²) in [7, 11) is 2.41. The highest BCUT2D eigenvalue weighted by Crippen LogP contribution is 2.59. The molecule has 0 amide bonds. The molecule has 1 aromatic carbocycles. The molecule has 20 heavy (non-hydrogen) atoms. The van der Waals surface area contributed by atoms with Gasteiger partial charge in [0.25, 0.3) is 0 Å². The summed E-state index contributed by atoms with van der Waals surface area (Å²) < 4.78 is 0. The Balaban J connectivity index is 1.43. The Kier molecular flexibility index (Phi) is 3.14. The summed E-state index contributed by atoms with van der Waals surface area (Å²) >= 11 is 0.